The number of fused-ring (bicyclic) bond motifs is 1. The third-order valence-corrected chi connectivity index (χ3v) is 5.25. The van der Waals surface area contributed by atoms with E-state index in [4.69, 9.17) is 0 Å². The summed E-state index contributed by atoms with van der Waals surface area (Å²) in [7, 11) is 0. The zero-order valence-corrected chi connectivity index (χ0v) is 13.5. The molecule has 3 rings (SSSR count). The molecule has 1 atom stereocenters. The molecule has 1 heterocycles. The van der Waals surface area contributed by atoms with Crippen LogP contribution in [0.15, 0.2) is 24.4 Å². The van der Waals surface area contributed by atoms with Gasteiger partial charge in [0.1, 0.15) is 0 Å². The number of rotatable bonds is 4. The molecule has 0 radical (unpaired) electrons. The lowest BCUT2D eigenvalue weighted by Crippen LogP contribution is -2.20. The Balaban J connectivity index is 2.07. The van der Waals surface area contributed by atoms with Crippen LogP contribution in [0.5, 0.6) is 0 Å². The van der Waals surface area contributed by atoms with E-state index in [2.05, 4.69) is 24.6 Å². The van der Waals surface area contributed by atoms with Crippen LogP contribution in [0.1, 0.15) is 67.4 Å². The van der Waals surface area contributed by atoms with Gasteiger partial charge in [0.2, 0.25) is 0 Å². The molecule has 3 heteroatoms. The molecule has 1 aliphatic rings. The van der Waals surface area contributed by atoms with Crippen LogP contribution in [0.25, 0.3) is 10.9 Å². The van der Waals surface area contributed by atoms with Crippen molar-refractivity contribution in [3.63, 3.8) is 0 Å². The Hall–Kier alpha value is -1.77. The third-order valence-electron chi connectivity index (χ3n) is 5.25. The van der Waals surface area contributed by atoms with Gasteiger partial charge in [0.25, 0.3) is 0 Å². The molecular weight excluding hydrogens is 274 g/mol. The van der Waals surface area contributed by atoms with E-state index in [1.165, 1.54) is 43.1 Å². The van der Waals surface area contributed by atoms with Crippen molar-refractivity contribution in [2.24, 2.45) is 5.92 Å². The van der Waals surface area contributed by atoms with Gasteiger partial charge in [-0.05, 0) is 49.8 Å². The quantitative estimate of drug-likeness (QED) is 0.845. The largest absolute Gasteiger partial charge is 0.478 e. The fourth-order valence-corrected chi connectivity index (χ4v) is 4.11. The first-order valence-electron chi connectivity index (χ1n) is 8.46. The summed E-state index contributed by atoms with van der Waals surface area (Å²) in [6.45, 7) is 4.37. The van der Waals surface area contributed by atoms with Gasteiger partial charge in [0, 0.05) is 23.1 Å². The normalized spacial score (nSPS) is 17.7. The van der Waals surface area contributed by atoms with E-state index in [0.717, 1.165) is 17.9 Å². The second-order valence-corrected chi connectivity index (χ2v) is 6.63. The number of aromatic carboxylic acids is 1. The summed E-state index contributed by atoms with van der Waals surface area (Å²) in [5.41, 5.74) is 2.70. The van der Waals surface area contributed by atoms with Gasteiger partial charge in [-0.1, -0.05) is 32.3 Å². The molecule has 1 aromatic carbocycles. The molecule has 118 valence electrons. The first kappa shape index (κ1) is 15.1. The van der Waals surface area contributed by atoms with Gasteiger partial charge in [-0.2, -0.15) is 0 Å². The van der Waals surface area contributed by atoms with Gasteiger partial charge < -0.3 is 9.67 Å². The average molecular weight is 299 g/mol. The second kappa shape index (κ2) is 6.15. The van der Waals surface area contributed by atoms with Crippen molar-refractivity contribution >= 4 is 16.9 Å². The standard InChI is InChI=1S/C19H25NO2/c1-3-17(14-7-5-4-6-8-14)20-12-13(2)16-10-9-15(19(21)22)11-18(16)20/h9-12,14,17H,3-8H2,1-2H3,(H,21,22). The fraction of sp³-hybridized carbons (Fsp3) is 0.526. The van der Waals surface area contributed by atoms with Crippen LogP contribution in [0, 0.1) is 12.8 Å². The number of hydrogen-bond donors (Lipinski definition) is 1. The van der Waals surface area contributed by atoms with Crippen LogP contribution < -0.4 is 0 Å². The molecule has 1 fully saturated rings. The molecule has 0 amide bonds. The Morgan fingerprint density at radius 2 is 2.05 bits per heavy atom. The molecule has 22 heavy (non-hydrogen) atoms. The number of aryl methyl sites for hydroxylation is 1. The average Bonchev–Trinajstić information content (AvgIpc) is 2.86. The lowest BCUT2D eigenvalue weighted by atomic mass is 9.82. The summed E-state index contributed by atoms with van der Waals surface area (Å²) in [5, 5.41) is 10.5. The minimum absolute atomic E-state index is 0.380. The highest BCUT2D eigenvalue weighted by molar-refractivity contribution is 5.94. The van der Waals surface area contributed by atoms with Crippen LogP contribution in [-0.2, 0) is 0 Å². The van der Waals surface area contributed by atoms with Crippen molar-refractivity contribution in [2.45, 2.75) is 58.4 Å². The first-order valence-corrected chi connectivity index (χ1v) is 8.46. The predicted molar refractivity (Wildman–Crippen MR) is 89.5 cm³/mol. The summed E-state index contributed by atoms with van der Waals surface area (Å²) < 4.78 is 2.35. The van der Waals surface area contributed by atoms with E-state index in [1.54, 1.807) is 6.07 Å². The number of carboxylic acids is 1. The summed E-state index contributed by atoms with van der Waals surface area (Å²) in [6.07, 6.45) is 9.96. The number of carboxylic acid groups (broad SMARTS) is 1. The van der Waals surface area contributed by atoms with Crippen LogP contribution in [0.4, 0.5) is 0 Å². The van der Waals surface area contributed by atoms with Gasteiger partial charge in [-0.25, -0.2) is 4.79 Å². The van der Waals surface area contributed by atoms with Gasteiger partial charge in [-0.3, -0.25) is 0 Å². The number of aromatic nitrogens is 1. The van der Waals surface area contributed by atoms with E-state index in [9.17, 15) is 9.90 Å². The van der Waals surface area contributed by atoms with Crippen molar-refractivity contribution in [3.8, 4) is 0 Å². The van der Waals surface area contributed by atoms with Crippen molar-refractivity contribution in [3.05, 3.63) is 35.5 Å². The highest BCUT2D eigenvalue weighted by Gasteiger charge is 2.25. The van der Waals surface area contributed by atoms with E-state index >= 15 is 0 Å². The van der Waals surface area contributed by atoms with Gasteiger partial charge in [0.15, 0.2) is 0 Å². The Labute approximate surface area is 131 Å². The fourth-order valence-electron chi connectivity index (χ4n) is 4.11. The minimum Gasteiger partial charge on any atom is -0.478 e. The summed E-state index contributed by atoms with van der Waals surface area (Å²) in [6, 6.07) is 6.00. The number of carbonyl (C=O) groups is 1. The zero-order valence-electron chi connectivity index (χ0n) is 13.5. The van der Waals surface area contributed by atoms with Crippen LogP contribution in [-0.4, -0.2) is 15.6 Å². The van der Waals surface area contributed by atoms with Crippen LogP contribution >= 0.6 is 0 Å². The van der Waals surface area contributed by atoms with Crippen molar-refractivity contribution in [2.75, 3.05) is 0 Å². The molecule has 1 unspecified atom stereocenters. The summed E-state index contributed by atoms with van der Waals surface area (Å²) in [4.78, 5) is 11.3. The van der Waals surface area contributed by atoms with Gasteiger partial charge in [0.05, 0.1) is 5.56 Å². The maximum Gasteiger partial charge on any atom is 0.335 e. The molecule has 0 bridgehead atoms. The summed E-state index contributed by atoms with van der Waals surface area (Å²) in [5.74, 6) is -0.125. The molecule has 0 saturated heterocycles. The smallest absolute Gasteiger partial charge is 0.335 e. The molecule has 3 nitrogen and oxygen atoms in total. The SMILES string of the molecule is CCC(C1CCCCC1)n1cc(C)c2ccc(C(=O)O)cc21. The Bertz CT molecular complexity index is 680. The van der Waals surface area contributed by atoms with Gasteiger partial charge >= 0.3 is 5.97 Å². The highest BCUT2D eigenvalue weighted by atomic mass is 16.4. The van der Waals surface area contributed by atoms with Crippen molar-refractivity contribution in [1.82, 2.24) is 4.57 Å². The monoisotopic (exact) mass is 299 g/mol. The molecular formula is C19H25NO2. The van der Waals surface area contributed by atoms with Gasteiger partial charge in [-0.15, -0.1) is 0 Å². The van der Waals surface area contributed by atoms with Crippen LogP contribution in [0.3, 0.4) is 0 Å². The van der Waals surface area contributed by atoms with E-state index in [0.29, 0.717) is 11.6 Å². The van der Waals surface area contributed by atoms with E-state index < -0.39 is 5.97 Å². The summed E-state index contributed by atoms with van der Waals surface area (Å²) >= 11 is 0. The zero-order chi connectivity index (χ0) is 15.7. The highest BCUT2D eigenvalue weighted by Crippen LogP contribution is 2.37. The maximum absolute atomic E-state index is 11.3. The number of nitrogens with zero attached hydrogens (tertiary/aromatic N) is 1. The Morgan fingerprint density at radius 1 is 1.32 bits per heavy atom. The lowest BCUT2D eigenvalue weighted by molar-refractivity contribution is 0.0697. The predicted octanol–water partition coefficient (Wildman–Crippen LogP) is 5.18. The molecule has 0 aliphatic heterocycles. The third kappa shape index (κ3) is 2.65. The Kier molecular flexibility index (Phi) is 4.23. The molecule has 1 aromatic heterocycles. The first-order chi connectivity index (χ1) is 10.6. The van der Waals surface area contributed by atoms with Crippen molar-refractivity contribution in [1.29, 1.82) is 0 Å². The topological polar surface area (TPSA) is 42.2 Å². The molecule has 1 saturated carbocycles. The Morgan fingerprint density at radius 3 is 2.68 bits per heavy atom. The molecule has 1 aliphatic carbocycles. The maximum atomic E-state index is 11.3. The molecule has 1 N–H and O–H groups in total. The van der Waals surface area contributed by atoms with Crippen molar-refractivity contribution < 1.29 is 9.90 Å². The number of hydrogen-bond acceptors (Lipinski definition) is 1. The van der Waals surface area contributed by atoms with E-state index in [1.807, 2.05) is 12.1 Å². The lowest BCUT2D eigenvalue weighted by Gasteiger charge is -2.31. The van der Waals surface area contributed by atoms with E-state index in [-0.39, 0.29) is 0 Å². The number of benzene rings is 1. The molecule has 2 aromatic rings. The minimum atomic E-state index is -0.849. The molecule has 0 spiro atoms. The van der Waals surface area contributed by atoms with Crippen LogP contribution in [0.2, 0.25) is 0 Å². The second-order valence-electron chi connectivity index (χ2n) is 6.63.